The molecule has 4 aliphatic rings. The fraction of sp³-hybridized carbons (Fsp3) is 0.594. The van der Waals surface area contributed by atoms with Crippen LogP contribution in [0.2, 0.25) is 0 Å². The molecule has 0 radical (unpaired) electrons. The van der Waals surface area contributed by atoms with E-state index in [9.17, 15) is 33.6 Å². The van der Waals surface area contributed by atoms with Gasteiger partial charge in [0.1, 0.15) is 18.3 Å². The Morgan fingerprint density at radius 2 is 1.79 bits per heavy atom. The van der Waals surface area contributed by atoms with Crippen LogP contribution in [0.25, 0.3) is 0 Å². The van der Waals surface area contributed by atoms with Crippen molar-refractivity contribution in [3.05, 3.63) is 40.4 Å². The standard InChI is InChI=1S/C32H40N8O8/c1-31(7-8-31)30-38-27(48-39-30)26(45)36-19(5-6-22(41)25(44)34-2)24(43)37-20-4-3-9-40(28(20)46)15-23(42)35-21-11-17-13-32(29(33)47)12-16(17)10-18(21)14-32/h3-4,9,16-19,21H,5-8,10-15H2,1-2H3,(H2,33,47)(H,34,44)(H,35,42)(H,36,45)(H,37,43)/t16?,17?,18?,19-,21?,32?/m0/s1. The Kier molecular flexibility index (Phi) is 8.68. The van der Waals surface area contributed by atoms with E-state index in [-0.39, 0.29) is 60.2 Å². The van der Waals surface area contributed by atoms with Crippen molar-refractivity contribution in [1.82, 2.24) is 30.7 Å². The normalized spacial score (nSPS) is 26.6. The fourth-order valence-electron chi connectivity index (χ4n) is 7.79. The Morgan fingerprint density at radius 1 is 1.08 bits per heavy atom. The highest BCUT2D eigenvalue weighted by Crippen LogP contribution is 2.61. The van der Waals surface area contributed by atoms with Crippen LogP contribution in [0.5, 0.6) is 0 Å². The summed E-state index contributed by atoms with van der Waals surface area (Å²) in [6.45, 7) is 1.62. The minimum atomic E-state index is -1.37. The second kappa shape index (κ2) is 12.6. The van der Waals surface area contributed by atoms with Gasteiger partial charge in [-0.3, -0.25) is 33.6 Å². The van der Waals surface area contributed by atoms with Crippen LogP contribution in [-0.4, -0.2) is 69.2 Å². The van der Waals surface area contributed by atoms with Crippen molar-refractivity contribution in [2.75, 3.05) is 12.4 Å². The van der Waals surface area contributed by atoms with Crippen LogP contribution in [0, 0.1) is 23.2 Å². The Hall–Kier alpha value is -4.89. The van der Waals surface area contributed by atoms with E-state index in [0.717, 1.165) is 43.1 Å². The summed E-state index contributed by atoms with van der Waals surface area (Å²) in [5.74, 6) is -3.09. The van der Waals surface area contributed by atoms with E-state index in [1.807, 2.05) is 6.92 Å². The lowest BCUT2D eigenvalue weighted by atomic mass is 9.65. The first kappa shape index (κ1) is 33.0. The van der Waals surface area contributed by atoms with Crippen molar-refractivity contribution in [2.24, 2.45) is 28.9 Å². The van der Waals surface area contributed by atoms with Crippen LogP contribution in [0.15, 0.2) is 27.6 Å². The van der Waals surface area contributed by atoms with Gasteiger partial charge in [0.15, 0.2) is 5.82 Å². The van der Waals surface area contributed by atoms with Crippen LogP contribution in [0.4, 0.5) is 5.69 Å². The van der Waals surface area contributed by atoms with Gasteiger partial charge in [0.25, 0.3) is 11.5 Å². The SMILES string of the molecule is CNC(=O)C(=O)CC[C@H](NC(=O)c1nc(C2(C)CC2)no1)C(=O)Nc1cccn(CC(=O)NC2CC3CC4(C(N)=O)CC3CC2C4)c1=O. The number of pyridine rings is 1. The highest BCUT2D eigenvalue weighted by Gasteiger charge is 2.58. The number of anilines is 1. The second-order valence-corrected chi connectivity index (χ2v) is 14.1. The predicted molar refractivity (Wildman–Crippen MR) is 167 cm³/mol. The Morgan fingerprint density at radius 3 is 2.48 bits per heavy atom. The molecule has 2 aromatic heterocycles. The molecular formula is C32H40N8O8. The van der Waals surface area contributed by atoms with Crippen LogP contribution in [-0.2, 0) is 35.9 Å². The Balaban J connectivity index is 1.11. The molecule has 4 aliphatic carbocycles. The van der Waals surface area contributed by atoms with Gasteiger partial charge >= 0.3 is 11.8 Å². The molecule has 6 atom stereocenters. The summed E-state index contributed by atoms with van der Waals surface area (Å²) in [5.41, 5.74) is 4.20. The zero-order valence-electron chi connectivity index (χ0n) is 26.9. The quantitative estimate of drug-likeness (QED) is 0.178. The van der Waals surface area contributed by atoms with Crippen LogP contribution in [0.3, 0.4) is 0 Å². The van der Waals surface area contributed by atoms with Gasteiger partial charge in [-0.15, -0.1) is 0 Å². The molecule has 3 bridgehead atoms. The molecule has 0 saturated heterocycles. The molecule has 5 unspecified atom stereocenters. The molecule has 0 aliphatic heterocycles. The van der Waals surface area contributed by atoms with Gasteiger partial charge in [-0.25, -0.2) is 0 Å². The van der Waals surface area contributed by atoms with Gasteiger partial charge in [0, 0.05) is 36.5 Å². The monoisotopic (exact) mass is 664 g/mol. The first-order valence-corrected chi connectivity index (χ1v) is 16.3. The Bertz CT molecular complexity index is 1730. The first-order chi connectivity index (χ1) is 22.8. The number of nitrogens with two attached hydrogens (primary N) is 1. The molecule has 5 amide bonds. The molecule has 4 saturated carbocycles. The number of Topliss-reactive ketones (excluding diaryl/α,β-unsaturated/α-hetero) is 1. The van der Waals surface area contributed by atoms with Crippen molar-refractivity contribution in [3.63, 3.8) is 0 Å². The number of likely N-dealkylation sites (N-methyl/N-ethyl adjacent to an activating group) is 1. The minimum Gasteiger partial charge on any atom is -0.369 e. The smallest absolute Gasteiger partial charge is 0.315 e. The number of amides is 5. The maximum Gasteiger partial charge on any atom is 0.315 e. The number of carbonyl (C=O) groups excluding carboxylic acids is 6. The zero-order chi connectivity index (χ0) is 34.4. The average molecular weight is 665 g/mol. The third kappa shape index (κ3) is 6.47. The van der Waals surface area contributed by atoms with E-state index >= 15 is 0 Å². The molecule has 16 heteroatoms. The summed E-state index contributed by atoms with van der Waals surface area (Å²) in [7, 11) is 1.29. The second-order valence-electron chi connectivity index (χ2n) is 14.1. The van der Waals surface area contributed by atoms with Crippen LogP contribution < -0.4 is 32.6 Å². The van der Waals surface area contributed by atoms with Gasteiger partial charge in [-0.2, -0.15) is 4.98 Å². The number of hydrogen-bond donors (Lipinski definition) is 5. The minimum absolute atomic E-state index is 0.122. The summed E-state index contributed by atoms with van der Waals surface area (Å²) in [6, 6.07) is 1.35. The third-order valence-electron chi connectivity index (χ3n) is 10.7. The maximum atomic E-state index is 13.4. The number of rotatable bonds is 13. The topological polar surface area (TPSA) is 237 Å². The van der Waals surface area contributed by atoms with Gasteiger partial charge < -0.3 is 36.1 Å². The number of fused-ring (bicyclic) bond motifs is 2. The molecule has 2 aromatic rings. The fourth-order valence-corrected chi connectivity index (χ4v) is 7.79. The number of ketones is 1. The van der Waals surface area contributed by atoms with E-state index in [0.29, 0.717) is 24.1 Å². The maximum absolute atomic E-state index is 13.4. The number of aromatic nitrogens is 3. The molecule has 4 fully saturated rings. The summed E-state index contributed by atoms with van der Waals surface area (Å²) >= 11 is 0. The van der Waals surface area contributed by atoms with E-state index in [1.54, 1.807) is 0 Å². The van der Waals surface area contributed by atoms with Crippen molar-refractivity contribution >= 4 is 41.0 Å². The molecule has 48 heavy (non-hydrogen) atoms. The van der Waals surface area contributed by atoms with Crippen LogP contribution >= 0.6 is 0 Å². The lowest BCUT2D eigenvalue weighted by Crippen LogP contribution is -2.49. The van der Waals surface area contributed by atoms with Gasteiger partial charge in [0.2, 0.25) is 23.5 Å². The summed E-state index contributed by atoms with van der Waals surface area (Å²) in [6.07, 6.45) is 6.39. The van der Waals surface area contributed by atoms with E-state index in [2.05, 4.69) is 31.4 Å². The lowest BCUT2D eigenvalue weighted by Gasteiger charge is -2.42. The third-order valence-corrected chi connectivity index (χ3v) is 10.7. The molecule has 6 N–H and O–H groups in total. The predicted octanol–water partition coefficient (Wildman–Crippen LogP) is -0.0884. The summed E-state index contributed by atoms with van der Waals surface area (Å²) in [4.78, 5) is 93.2. The average Bonchev–Trinajstić information content (AvgIpc) is 3.52. The number of primary amides is 1. The lowest BCUT2D eigenvalue weighted by molar-refractivity contribution is -0.137. The van der Waals surface area contributed by atoms with E-state index < -0.39 is 40.5 Å². The number of carbonyl (C=O) groups is 6. The molecule has 2 heterocycles. The van der Waals surface area contributed by atoms with Crippen molar-refractivity contribution in [2.45, 2.75) is 88.8 Å². The van der Waals surface area contributed by atoms with Crippen LogP contribution in [0.1, 0.15) is 81.2 Å². The molecule has 6 rings (SSSR count). The molecule has 0 spiro atoms. The number of nitrogens with zero attached hydrogens (tertiary/aromatic N) is 3. The largest absolute Gasteiger partial charge is 0.369 e. The Labute approximate surface area is 275 Å². The van der Waals surface area contributed by atoms with Crippen molar-refractivity contribution in [3.8, 4) is 0 Å². The zero-order valence-corrected chi connectivity index (χ0v) is 26.9. The number of hydrogen-bond acceptors (Lipinski definition) is 10. The van der Waals surface area contributed by atoms with E-state index in [4.69, 9.17) is 10.3 Å². The highest BCUT2D eigenvalue weighted by atomic mass is 16.5. The van der Waals surface area contributed by atoms with Gasteiger partial charge in [-0.1, -0.05) is 12.1 Å². The molecule has 256 valence electrons. The van der Waals surface area contributed by atoms with Gasteiger partial charge in [-0.05, 0) is 81.3 Å². The van der Waals surface area contributed by atoms with Crippen molar-refractivity contribution < 1.29 is 33.3 Å². The molecule has 16 nitrogen and oxygen atoms in total. The highest BCUT2D eigenvalue weighted by molar-refractivity contribution is 6.36. The molecular weight excluding hydrogens is 624 g/mol. The summed E-state index contributed by atoms with van der Waals surface area (Å²) < 4.78 is 6.25. The number of nitrogens with one attached hydrogen (secondary N) is 4. The molecule has 0 aromatic carbocycles. The van der Waals surface area contributed by atoms with Crippen molar-refractivity contribution in [1.29, 1.82) is 0 Å². The van der Waals surface area contributed by atoms with E-state index in [1.165, 1.54) is 25.4 Å². The summed E-state index contributed by atoms with van der Waals surface area (Å²) in [5, 5.41) is 14.1. The first-order valence-electron chi connectivity index (χ1n) is 16.3. The van der Waals surface area contributed by atoms with Gasteiger partial charge in [0.05, 0.1) is 0 Å².